The third-order valence-electron chi connectivity index (χ3n) is 3.65. The van der Waals surface area contributed by atoms with E-state index in [1.807, 2.05) is 24.3 Å². The molecular weight excluding hydrogens is 238 g/mol. The number of anilines is 1. The average molecular weight is 255 g/mol. The molecule has 3 rings (SSSR count). The van der Waals surface area contributed by atoms with Crippen LogP contribution in [0.25, 0.3) is 11.4 Å². The van der Waals surface area contributed by atoms with E-state index in [0.29, 0.717) is 0 Å². The van der Waals surface area contributed by atoms with Crippen LogP contribution in [0.2, 0.25) is 0 Å². The highest BCUT2D eigenvalue weighted by Crippen LogP contribution is 2.26. The molecule has 1 saturated carbocycles. The quantitative estimate of drug-likeness (QED) is 0.884. The Kier molecular flexibility index (Phi) is 3.31. The second-order valence-corrected chi connectivity index (χ2v) is 4.99. The number of imidazole rings is 1. The number of hydrogen-bond acceptors (Lipinski definition) is 2. The summed E-state index contributed by atoms with van der Waals surface area (Å²) in [5.74, 6) is 1.20. The highest BCUT2D eigenvalue weighted by atomic mass is 16.1. The summed E-state index contributed by atoms with van der Waals surface area (Å²) in [5.41, 5.74) is 1.87. The van der Waals surface area contributed by atoms with E-state index in [1.54, 1.807) is 12.4 Å². The lowest BCUT2D eigenvalue weighted by Crippen LogP contribution is -2.20. The molecule has 1 aromatic heterocycles. The SMILES string of the molecule is O=C(Nc1ccc(-c2ncc[nH]2)cc1)C1CCCC1. The predicted molar refractivity (Wildman–Crippen MR) is 74.6 cm³/mol. The van der Waals surface area contributed by atoms with Crippen molar-refractivity contribution in [3.63, 3.8) is 0 Å². The van der Waals surface area contributed by atoms with Crippen LogP contribution in [0.1, 0.15) is 25.7 Å². The molecule has 0 atom stereocenters. The maximum atomic E-state index is 12.0. The number of H-pyrrole nitrogens is 1. The molecule has 0 spiro atoms. The summed E-state index contributed by atoms with van der Waals surface area (Å²) in [6, 6.07) is 7.77. The fourth-order valence-electron chi connectivity index (χ4n) is 2.57. The summed E-state index contributed by atoms with van der Waals surface area (Å²) in [5, 5.41) is 2.99. The van der Waals surface area contributed by atoms with Crippen molar-refractivity contribution in [3.05, 3.63) is 36.7 Å². The van der Waals surface area contributed by atoms with Crippen molar-refractivity contribution >= 4 is 11.6 Å². The molecule has 0 saturated heterocycles. The molecular formula is C15H17N3O. The first kappa shape index (κ1) is 12.0. The number of benzene rings is 1. The summed E-state index contributed by atoms with van der Waals surface area (Å²) in [7, 11) is 0. The molecule has 0 unspecified atom stereocenters. The van der Waals surface area contributed by atoms with Gasteiger partial charge >= 0.3 is 0 Å². The minimum absolute atomic E-state index is 0.156. The predicted octanol–water partition coefficient (Wildman–Crippen LogP) is 3.21. The standard InChI is InChI=1S/C15H17N3O/c19-15(12-3-1-2-4-12)18-13-7-5-11(6-8-13)14-16-9-10-17-14/h5-10,12H,1-4H2,(H,16,17)(H,18,19). The molecule has 19 heavy (non-hydrogen) atoms. The highest BCUT2D eigenvalue weighted by molar-refractivity contribution is 5.92. The van der Waals surface area contributed by atoms with E-state index in [-0.39, 0.29) is 11.8 Å². The zero-order chi connectivity index (χ0) is 13.1. The molecule has 1 amide bonds. The van der Waals surface area contributed by atoms with E-state index >= 15 is 0 Å². The number of carbonyl (C=O) groups is 1. The molecule has 4 heteroatoms. The zero-order valence-corrected chi connectivity index (χ0v) is 10.7. The van der Waals surface area contributed by atoms with E-state index in [2.05, 4.69) is 15.3 Å². The van der Waals surface area contributed by atoms with Crippen LogP contribution in [0.5, 0.6) is 0 Å². The smallest absolute Gasteiger partial charge is 0.227 e. The summed E-state index contributed by atoms with van der Waals surface area (Å²) in [4.78, 5) is 19.3. The van der Waals surface area contributed by atoms with Crippen LogP contribution in [-0.4, -0.2) is 15.9 Å². The van der Waals surface area contributed by atoms with Crippen LogP contribution in [0, 0.1) is 5.92 Å². The lowest BCUT2D eigenvalue weighted by Gasteiger charge is -2.10. The number of nitrogens with one attached hydrogen (secondary N) is 2. The first-order chi connectivity index (χ1) is 9.33. The molecule has 2 N–H and O–H groups in total. The van der Waals surface area contributed by atoms with Crippen molar-refractivity contribution in [1.29, 1.82) is 0 Å². The van der Waals surface area contributed by atoms with Gasteiger partial charge in [-0.3, -0.25) is 4.79 Å². The minimum atomic E-state index is 0.156. The van der Waals surface area contributed by atoms with E-state index in [9.17, 15) is 4.79 Å². The fourth-order valence-corrected chi connectivity index (χ4v) is 2.57. The summed E-state index contributed by atoms with van der Waals surface area (Å²) in [6.45, 7) is 0. The van der Waals surface area contributed by atoms with Gasteiger partial charge < -0.3 is 10.3 Å². The van der Waals surface area contributed by atoms with Crippen LogP contribution >= 0.6 is 0 Å². The van der Waals surface area contributed by atoms with Crippen molar-refractivity contribution in [1.82, 2.24) is 9.97 Å². The Balaban J connectivity index is 1.67. The molecule has 0 bridgehead atoms. The van der Waals surface area contributed by atoms with E-state index in [4.69, 9.17) is 0 Å². The van der Waals surface area contributed by atoms with Crippen LogP contribution in [0.3, 0.4) is 0 Å². The van der Waals surface area contributed by atoms with Gasteiger partial charge in [0.05, 0.1) is 0 Å². The van der Waals surface area contributed by atoms with Gasteiger partial charge in [0.15, 0.2) is 0 Å². The molecule has 0 aliphatic heterocycles. The Morgan fingerprint density at radius 2 is 1.95 bits per heavy atom. The fraction of sp³-hybridized carbons (Fsp3) is 0.333. The first-order valence-electron chi connectivity index (χ1n) is 6.73. The Morgan fingerprint density at radius 3 is 2.58 bits per heavy atom. The number of hydrogen-bond donors (Lipinski definition) is 2. The molecule has 1 aromatic carbocycles. The van der Waals surface area contributed by atoms with Crippen LogP contribution in [0.4, 0.5) is 5.69 Å². The number of nitrogens with zero attached hydrogens (tertiary/aromatic N) is 1. The molecule has 4 nitrogen and oxygen atoms in total. The lowest BCUT2D eigenvalue weighted by molar-refractivity contribution is -0.119. The normalized spacial score (nSPS) is 15.6. The zero-order valence-electron chi connectivity index (χ0n) is 10.7. The maximum Gasteiger partial charge on any atom is 0.227 e. The summed E-state index contributed by atoms with van der Waals surface area (Å²) < 4.78 is 0. The van der Waals surface area contributed by atoms with Crippen LogP contribution in [-0.2, 0) is 4.79 Å². The number of carbonyl (C=O) groups excluding carboxylic acids is 1. The molecule has 1 fully saturated rings. The maximum absolute atomic E-state index is 12.0. The second-order valence-electron chi connectivity index (χ2n) is 4.99. The lowest BCUT2D eigenvalue weighted by atomic mass is 10.1. The van der Waals surface area contributed by atoms with Gasteiger partial charge in [-0.25, -0.2) is 4.98 Å². The third-order valence-corrected chi connectivity index (χ3v) is 3.65. The highest BCUT2D eigenvalue weighted by Gasteiger charge is 2.22. The van der Waals surface area contributed by atoms with Crippen LogP contribution < -0.4 is 5.32 Å². The molecule has 1 heterocycles. The topological polar surface area (TPSA) is 57.8 Å². The number of amides is 1. The Hall–Kier alpha value is -2.10. The number of aromatic amines is 1. The summed E-state index contributed by atoms with van der Waals surface area (Å²) >= 11 is 0. The molecule has 0 radical (unpaired) electrons. The number of rotatable bonds is 3. The van der Waals surface area contributed by atoms with Gasteiger partial charge in [-0.2, -0.15) is 0 Å². The third kappa shape index (κ3) is 2.67. The minimum Gasteiger partial charge on any atom is -0.345 e. The first-order valence-corrected chi connectivity index (χ1v) is 6.73. The average Bonchev–Trinajstić information content (AvgIpc) is 3.13. The van der Waals surface area contributed by atoms with Crippen molar-refractivity contribution in [2.45, 2.75) is 25.7 Å². The van der Waals surface area contributed by atoms with Crippen molar-refractivity contribution in [3.8, 4) is 11.4 Å². The van der Waals surface area contributed by atoms with E-state index < -0.39 is 0 Å². The second kappa shape index (κ2) is 5.26. The van der Waals surface area contributed by atoms with Crippen LogP contribution in [0.15, 0.2) is 36.7 Å². The largest absolute Gasteiger partial charge is 0.345 e. The molecule has 1 aliphatic rings. The van der Waals surface area contributed by atoms with Gasteiger partial charge in [0.1, 0.15) is 5.82 Å². The number of aromatic nitrogens is 2. The van der Waals surface area contributed by atoms with Crippen molar-refractivity contribution in [2.75, 3.05) is 5.32 Å². The van der Waals surface area contributed by atoms with E-state index in [1.165, 1.54) is 12.8 Å². The van der Waals surface area contributed by atoms with Crippen molar-refractivity contribution < 1.29 is 4.79 Å². The molecule has 2 aromatic rings. The monoisotopic (exact) mass is 255 g/mol. The molecule has 98 valence electrons. The van der Waals surface area contributed by atoms with Gasteiger partial charge in [0, 0.05) is 29.6 Å². The van der Waals surface area contributed by atoms with Gasteiger partial charge in [-0.15, -0.1) is 0 Å². The van der Waals surface area contributed by atoms with Gasteiger partial charge in [0.25, 0.3) is 0 Å². The van der Waals surface area contributed by atoms with Gasteiger partial charge in [0.2, 0.25) is 5.91 Å². The Morgan fingerprint density at radius 1 is 1.21 bits per heavy atom. The Bertz CT molecular complexity index is 539. The molecule has 1 aliphatic carbocycles. The Labute approximate surface area is 112 Å². The summed E-state index contributed by atoms with van der Waals surface area (Å²) in [6.07, 6.45) is 7.92. The van der Waals surface area contributed by atoms with Gasteiger partial charge in [-0.1, -0.05) is 12.8 Å². The van der Waals surface area contributed by atoms with E-state index in [0.717, 1.165) is 29.9 Å². The van der Waals surface area contributed by atoms with Crippen molar-refractivity contribution in [2.24, 2.45) is 5.92 Å². The van der Waals surface area contributed by atoms with Gasteiger partial charge in [-0.05, 0) is 37.1 Å².